The first-order valence-corrected chi connectivity index (χ1v) is 9.46. The van der Waals surface area contributed by atoms with E-state index in [0.29, 0.717) is 5.69 Å². The van der Waals surface area contributed by atoms with Gasteiger partial charge >= 0.3 is 0 Å². The molecule has 1 aromatic heterocycles. The Bertz CT molecular complexity index is 711. The normalized spacial score (nSPS) is 11.3. The van der Waals surface area contributed by atoms with E-state index in [4.69, 9.17) is 0 Å². The van der Waals surface area contributed by atoms with E-state index in [0.717, 1.165) is 28.5 Å². The molecule has 0 aliphatic carbocycles. The number of hydrogen-bond acceptors (Lipinski definition) is 4. The first kappa shape index (κ1) is 15.3. The van der Waals surface area contributed by atoms with Crippen molar-refractivity contribution >= 4 is 48.7 Å². The number of aryl methyl sites for hydroxylation is 1. The lowest BCUT2D eigenvalue weighted by Gasteiger charge is -2.11. The van der Waals surface area contributed by atoms with Gasteiger partial charge in [0.15, 0.2) is 0 Å². The molecule has 4 nitrogen and oxygen atoms in total. The molecule has 2 aromatic rings. The van der Waals surface area contributed by atoms with Crippen molar-refractivity contribution in [2.45, 2.75) is 13.5 Å². The monoisotopic (exact) mass is 374 g/mol. The van der Waals surface area contributed by atoms with Crippen LogP contribution >= 0.6 is 27.3 Å². The average Bonchev–Trinajstić information content (AvgIpc) is 2.74. The van der Waals surface area contributed by atoms with Crippen molar-refractivity contribution in [1.82, 2.24) is 0 Å². The largest absolute Gasteiger partial charge is 0.380 e. The highest BCUT2D eigenvalue weighted by Crippen LogP contribution is 2.25. The number of benzene rings is 1. The minimum atomic E-state index is -3.24. The molecule has 0 atom stereocenters. The van der Waals surface area contributed by atoms with E-state index in [1.807, 2.05) is 30.5 Å². The Hall–Kier alpha value is -1.05. The predicted molar refractivity (Wildman–Crippen MR) is 89.0 cm³/mol. The highest BCUT2D eigenvalue weighted by Gasteiger charge is 2.06. The molecule has 0 unspecified atom stereocenters. The summed E-state index contributed by atoms with van der Waals surface area (Å²) in [7, 11) is -3.24. The standard InChI is InChI=1S/C13H15BrN2O2S2/c1-9-7-10(3-4-12(9)16-20(2,17)18)15-8-13-11(14)5-6-19-13/h3-7,15-16H,8H2,1-2H3. The molecule has 0 bridgehead atoms. The van der Waals surface area contributed by atoms with Crippen LogP contribution < -0.4 is 10.0 Å². The van der Waals surface area contributed by atoms with Crippen LogP contribution in [0.2, 0.25) is 0 Å². The lowest BCUT2D eigenvalue weighted by atomic mass is 10.2. The van der Waals surface area contributed by atoms with Crippen LogP contribution in [0, 0.1) is 6.92 Å². The van der Waals surface area contributed by atoms with Gasteiger partial charge in [-0.25, -0.2) is 8.42 Å². The third kappa shape index (κ3) is 4.22. The number of halogens is 1. The van der Waals surface area contributed by atoms with E-state index in [1.165, 1.54) is 4.88 Å². The van der Waals surface area contributed by atoms with Crippen LogP contribution in [0.1, 0.15) is 10.4 Å². The van der Waals surface area contributed by atoms with Gasteiger partial charge < -0.3 is 5.32 Å². The van der Waals surface area contributed by atoms with Crippen molar-refractivity contribution in [3.8, 4) is 0 Å². The third-order valence-corrected chi connectivity index (χ3v) is 5.18. The summed E-state index contributed by atoms with van der Waals surface area (Å²) in [5.41, 5.74) is 2.45. The molecule has 20 heavy (non-hydrogen) atoms. The maximum atomic E-state index is 11.2. The molecule has 0 spiro atoms. The third-order valence-electron chi connectivity index (χ3n) is 2.67. The van der Waals surface area contributed by atoms with Gasteiger partial charge in [0, 0.05) is 15.0 Å². The number of thiophene rings is 1. The minimum Gasteiger partial charge on any atom is -0.380 e. The molecule has 7 heteroatoms. The molecule has 2 rings (SSSR count). The van der Waals surface area contributed by atoms with Gasteiger partial charge in [-0.2, -0.15) is 0 Å². The summed E-state index contributed by atoms with van der Waals surface area (Å²) in [5.74, 6) is 0. The van der Waals surface area contributed by atoms with Gasteiger partial charge in [-0.3, -0.25) is 4.72 Å². The number of anilines is 2. The maximum absolute atomic E-state index is 11.2. The first-order chi connectivity index (χ1) is 9.35. The number of hydrogen-bond donors (Lipinski definition) is 2. The fraction of sp³-hybridized carbons (Fsp3) is 0.231. The molecule has 0 aliphatic rings. The van der Waals surface area contributed by atoms with Crippen LogP contribution in [0.15, 0.2) is 34.1 Å². The predicted octanol–water partition coefficient (Wildman–Crippen LogP) is 3.80. The SMILES string of the molecule is Cc1cc(NCc2sccc2Br)ccc1NS(C)(=O)=O. The Morgan fingerprint density at radius 2 is 2.05 bits per heavy atom. The molecule has 108 valence electrons. The van der Waals surface area contributed by atoms with Crippen molar-refractivity contribution in [2.24, 2.45) is 0 Å². The Labute approximate surface area is 131 Å². The van der Waals surface area contributed by atoms with Gasteiger partial charge in [-0.15, -0.1) is 11.3 Å². The van der Waals surface area contributed by atoms with Crippen LogP contribution in [0.5, 0.6) is 0 Å². The zero-order valence-corrected chi connectivity index (χ0v) is 14.3. The molecular weight excluding hydrogens is 360 g/mol. The van der Waals surface area contributed by atoms with Crippen LogP contribution in [0.3, 0.4) is 0 Å². The second kappa shape index (κ2) is 6.15. The Balaban J connectivity index is 2.07. The molecule has 0 saturated heterocycles. The molecular formula is C13H15BrN2O2S2. The van der Waals surface area contributed by atoms with Crippen molar-refractivity contribution in [3.63, 3.8) is 0 Å². The van der Waals surface area contributed by atoms with Crippen molar-refractivity contribution in [3.05, 3.63) is 44.6 Å². The van der Waals surface area contributed by atoms with Crippen molar-refractivity contribution in [2.75, 3.05) is 16.3 Å². The quantitative estimate of drug-likeness (QED) is 0.836. The molecule has 0 radical (unpaired) electrons. The maximum Gasteiger partial charge on any atom is 0.229 e. The van der Waals surface area contributed by atoms with Gasteiger partial charge in [-0.1, -0.05) is 0 Å². The number of nitrogens with one attached hydrogen (secondary N) is 2. The summed E-state index contributed by atoms with van der Waals surface area (Å²) in [6, 6.07) is 7.57. The van der Waals surface area contributed by atoms with Gasteiger partial charge in [0.05, 0.1) is 18.5 Å². The molecule has 0 fully saturated rings. The van der Waals surface area contributed by atoms with Gasteiger partial charge in [0.25, 0.3) is 0 Å². The van der Waals surface area contributed by atoms with Gasteiger partial charge in [-0.05, 0) is 58.1 Å². The van der Waals surface area contributed by atoms with Crippen molar-refractivity contribution in [1.29, 1.82) is 0 Å². The highest BCUT2D eigenvalue weighted by molar-refractivity contribution is 9.10. The van der Waals surface area contributed by atoms with E-state index >= 15 is 0 Å². The molecule has 0 saturated carbocycles. The van der Waals surface area contributed by atoms with Crippen LogP contribution in [0.25, 0.3) is 0 Å². The zero-order chi connectivity index (χ0) is 14.8. The summed E-state index contributed by atoms with van der Waals surface area (Å²) in [4.78, 5) is 1.22. The van der Waals surface area contributed by atoms with Crippen LogP contribution in [-0.4, -0.2) is 14.7 Å². The highest BCUT2D eigenvalue weighted by atomic mass is 79.9. The molecule has 1 aromatic carbocycles. The molecule has 0 aliphatic heterocycles. The summed E-state index contributed by atoms with van der Waals surface area (Å²) in [5, 5.41) is 5.36. The fourth-order valence-corrected chi connectivity index (χ4v) is 3.78. The fourth-order valence-electron chi connectivity index (χ4n) is 1.72. The van der Waals surface area contributed by atoms with Crippen LogP contribution in [0.4, 0.5) is 11.4 Å². The summed E-state index contributed by atoms with van der Waals surface area (Å²) < 4.78 is 26.0. The van der Waals surface area contributed by atoms with E-state index in [2.05, 4.69) is 26.0 Å². The summed E-state index contributed by atoms with van der Waals surface area (Å²) in [6.07, 6.45) is 1.15. The number of sulfonamides is 1. The average molecular weight is 375 g/mol. The molecule has 0 amide bonds. The number of rotatable bonds is 5. The van der Waals surface area contributed by atoms with E-state index in [9.17, 15) is 8.42 Å². The summed E-state index contributed by atoms with van der Waals surface area (Å²) in [6.45, 7) is 2.61. The zero-order valence-electron chi connectivity index (χ0n) is 11.1. The second-order valence-corrected chi connectivity index (χ2v) is 8.05. The van der Waals surface area contributed by atoms with E-state index in [-0.39, 0.29) is 0 Å². The smallest absolute Gasteiger partial charge is 0.229 e. The van der Waals surface area contributed by atoms with Gasteiger partial charge in [0.1, 0.15) is 0 Å². The summed E-state index contributed by atoms with van der Waals surface area (Å²) >= 11 is 5.18. The first-order valence-electron chi connectivity index (χ1n) is 5.89. The minimum absolute atomic E-state index is 0.607. The second-order valence-electron chi connectivity index (χ2n) is 4.45. The molecule has 1 heterocycles. The lowest BCUT2D eigenvalue weighted by molar-refractivity contribution is 0.607. The molecule has 2 N–H and O–H groups in total. The van der Waals surface area contributed by atoms with Gasteiger partial charge in [0.2, 0.25) is 10.0 Å². The Morgan fingerprint density at radius 1 is 1.30 bits per heavy atom. The topological polar surface area (TPSA) is 58.2 Å². The lowest BCUT2D eigenvalue weighted by Crippen LogP contribution is -2.10. The van der Waals surface area contributed by atoms with E-state index < -0.39 is 10.0 Å². The Morgan fingerprint density at radius 3 is 2.60 bits per heavy atom. The van der Waals surface area contributed by atoms with E-state index in [1.54, 1.807) is 17.4 Å². The van der Waals surface area contributed by atoms with Crippen molar-refractivity contribution < 1.29 is 8.42 Å². The Kier molecular flexibility index (Phi) is 4.72. The van der Waals surface area contributed by atoms with Crippen LogP contribution in [-0.2, 0) is 16.6 Å².